The molecule has 1 saturated carbocycles. The van der Waals surface area contributed by atoms with Crippen molar-refractivity contribution in [2.75, 3.05) is 6.54 Å². The first-order valence-corrected chi connectivity index (χ1v) is 11.2. The average Bonchev–Trinajstić information content (AvgIpc) is 3.08. The van der Waals surface area contributed by atoms with Crippen molar-refractivity contribution in [1.29, 1.82) is 0 Å². The van der Waals surface area contributed by atoms with E-state index in [0.717, 1.165) is 34.0 Å². The molecule has 0 bridgehead atoms. The van der Waals surface area contributed by atoms with Gasteiger partial charge < -0.3 is 0 Å². The molecule has 0 aromatic heterocycles. The smallest absolute Gasteiger partial charge is 0.273 e. The van der Waals surface area contributed by atoms with E-state index in [1.165, 1.54) is 24.3 Å². The Hall–Kier alpha value is -3.88. The van der Waals surface area contributed by atoms with Gasteiger partial charge in [0.1, 0.15) is 6.54 Å². The number of hydrogen-bond donors (Lipinski definition) is 0. The third kappa shape index (κ3) is 4.21. The summed E-state index contributed by atoms with van der Waals surface area (Å²) in [4.78, 5) is 63.4. The molecule has 0 unspecified atom stereocenters. The predicted molar refractivity (Wildman–Crippen MR) is 122 cm³/mol. The number of nitrogens with zero attached hydrogens (tertiary/aromatic N) is 3. The number of hydrazine groups is 1. The van der Waals surface area contributed by atoms with Crippen LogP contribution in [0.4, 0.5) is 5.69 Å². The summed E-state index contributed by atoms with van der Waals surface area (Å²) in [6.45, 7) is 3.27. The molecule has 1 heterocycles. The van der Waals surface area contributed by atoms with Gasteiger partial charge in [-0.3, -0.25) is 29.3 Å². The van der Waals surface area contributed by atoms with Crippen molar-refractivity contribution in [2.24, 2.45) is 11.8 Å². The molecule has 2 aromatic carbocycles. The van der Waals surface area contributed by atoms with E-state index in [9.17, 15) is 29.3 Å². The van der Waals surface area contributed by atoms with Crippen LogP contribution < -0.4 is 0 Å². The molecule has 1 aliphatic heterocycles. The van der Waals surface area contributed by atoms with Crippen LogP contribution in [-0.2, 0) is 9.59 Å². The third-order valence-corrected chi connectivity index (χ3v) is 6.74. The fourth-order valence-corrected chi connectivity index (χ4v) is 4.63. The lowest BCUT2D eigenvalue weighted by atomic mass is 9.81. The largest absolute Gasteiger partial charge is 0.292 e. The third-order valence-electron chi connectivity index (χ3n) is 6.74. The number of carbonyl (C=O) groups excluding carboxylic acids is 4. The normalized spacial score (nSPS) is 19.6. The zero-order valence-corrected chi connectivity index (χ0v) is 19.0. The van der Waals surface area contributed by atoms with Gasteiger partial charge in [0.25, 0.3) is 23.4 Å². The number of benzene rings is 2. The molecule has 9 nitrogen and oxygen atoms in total. The molecule has 176 valence electrons. The lowest BCUT2D eigenvalue weighted by Gasteiger charge is -2.30. The molecule has 0 radical (unpaired) electrons. The fourth-order valence-electron chi connectivity index (χ4n) is 4.63. The highest BCUT2D eigenvalue weighted by Crippen LogP contribution is 2.39. The van der Waals surface area contributed by atoms with Crippen LogP contribution in [0, 0.1) is 35.8 Å². The molecular weight excluding hydrogens is 438 g/mol. The van der Waals surface area contributed by atoms with Crippen LogP contribution in [0.5, 0.6) is 0 Å². The Kier molecular flexibility index (Phi) is 6.28. The molecule has 1 saturated heterocycles. The van der Waals surface area contributed by atoms with Gasteiger partial charge in [0.2, 0.25) is 0 Å². The van der Waals surface area contributed by atoms with E-state index in [2.05, 4.69) is 0 Å². The summed E-state index contributed by atoms with van der Waals surface area (Å²) in [5.74, 6) is -3.10. The highest BCUT2D eigenvalue weighted by Gasteiger charge is 2.51. The van der Waals surface area contributed by atoms with Crippen molar-refractivity contribution in [1.82, 2.24) is 10.0 Å². The second-order valence-corrected chi connectivity index (χ2v) is 8.87. The van der Waals surface area contributed by atoms with E-state index in [1.807, 2.05) is 13.8 Å². The van der Waals surface area contributed by atoms with Crippen molar-refractivity contribution >= 4 is 29.2 Å². The number of aryl methyl sites for hydroxylation is 2. The first-order valence-electron chi connectivity index (χ1n) is 11.2. The lowest BCUT2D eigenvalue weighted by molar-refractivity contribution is -0.384. The van der Waals surface area contributed by atoms with Gasteiger partial charge in [0.15, 0.2) is 5.78 Å². The second kappa shape index (κ2) is 9.17. The number of non-ortho nitro benzene ring substituents is 1. The summed E-state index contributed by atoms with van der Waals surface area (Å²) in [6, 6.07) is 10.0. The number of carbonyl (C=O) groups is 4. The van der Waals surface area contributed by atoms with Gasteiger partial charge in [0, 0.05) is 23.3 Å². The fraction of sp³-hybridized carbons (Fsp3) is 0.360. The number of imide groups is 1. The van der Waals surface area contributed by atoms with Gasteiger partial charge in [-0.1, -0.05) is 25.0 Å². The molecule has 2 aromatic rings. The maximum absolute atomic E-state index is 13.5. The van der Waals surface area contributed by atoms with Crippen LogP contribution in [0.25, 0.3) is 0 Å². The van der Waals surface area contributed by atoms with Crippen LogP contribution >= 0.6 is 0 Å². The molecule has 3 amide bonds. The molecule has 2 fully saturated rings. The van der Waals surface area contributed by atoms with Crippen LogP contribution in [0.2, 0.25) is 0 Å². The number of rotatable bonds is 6. The standard InChI is InChI=1S/C25H25N3O6/c1-15-7-8-18(13-16(15)2)22(29)14-26(23(30)17-9-11-19(12-10-17)28(33)34)27-24(31)20-5-3-4-6-21(20)25(27)32/h7-13,20-21H,3-6,14H2,1-2H3/t20-,21+. The minimum Gasteiger partial charge on any atom is -0.292 e. The molecular formula is C25H25N3O6. The molecule has 2 aliphatic rings. The van der Waals surface area contributed by atoms with Crippen molar-refractivity contribution in [3.05, 3.63) is 74.8 Å². The van der Waals surface area contributed by atoms with Crippen molar-refractivity contribution in [3.8, 4) is 0 Å². The highest BCUT2D eigenvalue weighted by molar-refractivity contribution is 6.09. The molecule has 0 spiro atoms. The topological polar surface area (TPSA) is 118 Å². The Labute approximate surface area is 196 Å². The van der Waals surface area contributed by atoms with Gasteiger partial charge in [0.05, 0.1) is 16.8 Å². The SMILES string of the molecule is Cc1ccc(C(=O)CN(C(=O)c2ccc([N+](=O)[O-])cc2)N2C(=O)[C@H]3CCCC[C@H]3C2=O)cc1C. The summed E-state index contributed by atoms with van der Waals surface area (Å²) >= 11 is 0. The van der Waals surface area contributed by atoms with E-state index in [0.29, 0.717) is 18.4 Å². The minimum atomic E-state index is -0.743. The maximum atomic E-state index is 13.5. The first kappa shape index (κ1) is 23.3. The molecule has 2 atom stereocenters. The number of hydrogen-bond acceptors (Lipinski definition) is 6. The number of Topliss-reactive ketones (excluding diaryl/α,β-unsaturated/α-hetero) is 1. The minimum absolute atomic E-state index is 0.0361. The van der Waals surface area contributed by atoms with Crippen LogP contribution in [0.1, 0.15) is 57.5 Å². The number of nitro benzene ring substituents is 1. The highest BCUT2D eigenvalue weighted by atomic mass is 16.6. The van der Waals surface area contributed by atoms with E-state index in [1.54, 1.807) is 18.2 Å². The van der Waals surface area contributed by atoms with Gasteiger partial charge >= 0.3 is 0 Å². The van der Waals surface area contributed by atoms with Crippen LogP contribution in [-0.4, -0.2) is 45.0 Å². The first-order chi connectivity index (χ1) is 16.2. The van der Waals surface area contributed by atoms with E-state index in [4.69, 9.17) is 0 Å². The molecule has 0 N–H and O–H groups in total. The zero-order chi connectivity index (χ0) is 24.6. The monoisotopic (exact) mass is 463 g/mol. The lowest BCUT2D eigenvalue weighted by Crippen LogP contribution is -2.52. The Bertz CT molecular complexity index is 1170. The van der Waals surface area contributed by atoms with Gasteiger partial charge in [-0.2, -0.15) is 5.01 Å². The van der Waals surface area contributed by atoms with E-state index in [-0.39, 0.29) is 11.3 Å². The molecule has 34 heavy (non-hydrogen) atoms. The summed E-state index contributed by atoms with van der Waals surface area (Å²) in [5.41, 5.74) is 2.10. The summed E-state index contributed by atoms with van der Waals surface area (Å²) in [6.07, 6.45) is 2.78. The summed E-state index contributed by atoms with van der Waals surface area (Å²) in [7, 11) is 0. The van der Waals surface area contributed by atoms with Crippen molar-refractivity contribution in [3.63, 3.8) is 0 Å². The summed E-state index contributed by atoms with van der Waals surface area (Å²) < 4.78 is 0. The van der Waals surface area contributed by atoms with Gasteiger partial charge in [-0.05, 0) is 56.0 Å². The molecule has 4 rings (SSSR count). The maximum Gasteiger partial charge on any atom is 0.273 e. The number of nitro groups is 1. The number of amides is 3. The Morgan fingerprint density at radius 1 is 0.941 bits per heavy atom. The van der Waals surface area contributed by atoms with Gasteiger partial charge in [-0.25, -0.2) is 5.01 Å². The average molecular weight is 463 g/mol. The van der Waals surface area contributed by atoms with Crippen molar-refractivity contribution in [2.45, 2.75) is 39.5 Å². The molecule has 1 aliphatic carbocycles. The summed E-state index contributed by atoms with van der Waals surface area (Å²) in [5, 5.41) is 12.7. The number of ketones is 1. The van der Waals surface area contributed by atoms with Crippen LogP contribution in [0.3, 0.4) is 0 Å². The zero-order valence-electron chi connectivity index (χ0n) is 19.0. The molecule has 9 heteroatoms. The van der Waals surface area contributed by atoms with E-state index >= 15 is 0 Å². The van der Waals surface area contributed by atoms with Crippen molar-refractivity contribution < 1.29 is 24.1 Å². The Morgan fingerprint density at radius 2 is 1.50 bits per heavy atom. The predicted octanol–water partition coefficient (Wildman–Crippen LogP) is 3.63. The quantitative estimate of drug-likeness (QED) is 0.279. The Morgan fingerprint density at radius 3 is 2.03 bits per heavy atom. The second-order valence-electron chi connectivity index (χ2n) is 8.87. The van der Waals surface area contributed by atoms with Gasteiger partial charge in [-0.15, -0.1) is 0 Å². The number of fused-ring (bicyclic) bond motifs is 1. The Balaban J connectivity index is 1.69. The van der Waals surface area contributed by atoms with E-state index < -0.39 is 46.8 Å². The van der Waals surface area contributed by atoms with Crippen LogP contribution in [0.15, 0.2) is 42.5 Å².